The molecule has 0 fully saturated rings. The molecule has 0 bridgehead atoms. The maximum atomic E-state index is 13.1. The Morgan fingerprint density at radius 3 is 2.54 bits per heavy atom. The summed E-state index contributed by atoms with van der Waals surface area (Å²) in [6.07, 6.45) is -4.68. The molecule has 0 aliphatic heterocycles. The van der Waals surface area contributed by atoms with Gasteiger partial charge in [-0.05, 0) is 36.9 Å². The number of hydrogen-bond donors (Lipinski definition) is 1. The van der Waals surface area contributed by atoms with Crippen LogP contribution in [0.5, 0.6) is 5.75 Å². The molecule has 0 aromatic heterocycles. The van der Waals surface area contributed by atoms with Gasteiger partial charge in [0.15, 0.2) is 0 Å². The highest BCUT2D eigenvalue weighted by molar-refractivity contribution is 6.34. The first-order valence-corrected chi connectivity index (χ1v) is 8.32. The van der Waals surface area contributed by atoms with Crippen molar-refractivity contribution in [2.45, 2.75) is 19.3 Å². The second kappa shape index (κ2) is 9.20. The number of benzene rings is 2. The summed E-state index contributed by atoms with van der Waals surface area (Å²) in [5, 5.41) is 1.95. The lowest BCUT2D eigenvalue weighted by molar-refractivity contribution is -0.137. The molecule has 1 N–H and O–H groups in total. The number of carbonyl (C=O) groups is 1. The molecule has 0 radical (unpaired) electrons. The molecular formula is C18H16ClF5N2O2. The normalized spacial score (nSPS) is 11.8. The number of nitrogens with zero attached hydrogens (tertiary/aromatic N) is 1. The van der Waals surface area contributed by atoms with E-state index in [-0.39, 0.29) is 23.9 Å². The highest BCUT2D eigenvalue weighted by atomic mass is 35.5. The average Bonchev–Trinajstić information content (AvgIpc) is 2.55. The van der Waals surface area contributed by atoms with Crippen molar-refractivity contribution in [1.29, 1.82) is 0 Å². The van der Waals surface area contributed by atoms with Gasteiger partial charge in [0.25, 0.3) is 0 Å². The molecule has 28 heavy (non-hydrogen) atoms. The van der Waals surface area contributed by atoms with Gasteiger partial charge in [0.1, 0.15) is 5.75 Å². The van der Waals surface area contributed by atoms with E-state index >= 15 is 0 Å². The van der Waals surface area contributed by atoms with E-state index in [0.717, 1.165) is 12.1 Å². The third-order valence-electron chi connectivity index (χ3n) is 3.57. The van der Waals surface area contributed by atoms with Crippen LogP contribution in [0.25, 0.3) is 0 Å². The summed E-state index contributed by atoms with van der Waals surface area (Å²) in [6.45, 7) is -3.03. The van der Waals surface area contributed by atoms with Crippen LogP contribution >= 0.6 is 11.6 Å². The zero-order valence-corrected chi connectivity index (χ0v) is 15.3. The maximum absolute atomic E-state index is 13.1. The second-order valence-electron chi connectivity index (χ2n) is 5.91. The lowest BCUT2D eigenvalue weighted by Gasteiger charge is -2.19. The van der Waals surface area contributed by atoms with Gasteiger partial charge < -0.3 is 10.1 Å². The van der Waals surface area contributed by atoms with Crippen molar-refractivity contribution in [1.82, 2.24) is 4.90 Å². The van der Waals surface area contributed by atoms with Crippen LogP contribution in [0.15, 0.2) is 42.5 Å². The summed E-state index contributed by atoms with van der Waals surface area (Å²) in [5.74, 6) is -0.739. The molecule has 0 heterocycles. The van der Waals surface area contributed by atoms with Gasteiger partial charge in [0.05, 0.1) is 22.8 Å². The molecule has 2 rings (SSSR count). The van der Waals surface area contributed by atoms with E-state index in [2.05, 4.69) is 10.1 Å². The number of nitrogens with one attached hydrogen (secondary N) is 1. The SMILES string of the molecule is CN(CC(=O)Nc1c(Cl)cccc1C(F)(F)F)Cc1cccc(OC(F)F)c1. The summed E-state index contributed by atoms with van der Waals surface area (Å²) in [5.41, 5.74) is -0.975. The lowest BCUT2D eigenvalue weighted by Crippen LogP contribution is -2.30. The van der Waals surface area contributed by atoms with Crippen LogP contribution in [0, 0.1) is 0 Å². The maximum Gasteiger partial charge on any atom is 0.418 e. The van der Waals surface area contributed by atoms with Crippen LogP contribution in [0.2, 0.25) is 5.02 Å². The molecule has 2 aromatic rings. The fourth-order valence-electron chi connectivity index (χ4n) is 2.50. The van der Waals surface area contributed by atoms with Crippen LogP contribution < -0.4 is 10.1 Å². The Morgan fingerprint density at radius 1 is 1.21 bits per heavy atom. The van der Waals surface area contributed by atoms with Gasteiger partial charge in [-0.1, -0.05) is 29.8 Å². The third kappa shape index (κ3) is 6.35. The number of carbonyl (C=O) groups excluding carboxylic acids is 1. The van der Waals surface area contributed by atoms with Gasteiger partial charge >= 0.3 is 12.8 Å². The van der Waals surface area contributed by atoms with Crippen molar-refractivity contribution >= 4 is 23.2 Å². The van der Waals surface area contributed by atoms with Crippen molar-refractivity contribution in [2.24, 2.45) is 0 Å². The number of ether oxygens (including phenoxy) is 1. The number of likely N-dealkylation sites (N-methyl/N-ethyl adjacent to an activating group) is 1. The smallest absolute Gasteiger partial charge is 0.418 e. The van der Waals surface area contributed by atoms with E-state index in [9.17, 15) is 26.7 Å². The van der Waals surface area contributed by atoms with E-state index < -0.39 is 29.9 Å². The Balaban J connectivity index is 2.03. The Labute approximate surface area is 162 Å². The third-order valence-corrected chi connectivity index (χ3v) is 3.89. The van der Waals surface area contributed by atoms with E-state index in [0.29, 0.717) is 5.56 Å². The largest absolute Gasteiger partial charge is 0.435 e. The molecule has 4 nitrogen and oxygen atoms in total. The first-order chi connectivity index (χ1) is 13.1. The van der Waals surface area contributed by atoms with Gasteiger partial charge in [-0.2, -0.15) is 22.0 Å². The quantitative estimate of drug-likeness (QED) is 0.636. The van der Waals surface area contributed by atoms with Crippen molar-refractivity contribution in [3.8, 4) is 5.75 Å². The number of rotatable bonds is 7. The Hall–Kier alpha value is -2.39. The molecule has 0 aliphatic carbocycles. The number of anilines is 1. The topological polar surface area (TPSA) is 41.6 Å². The van der Waals surface area contributed by atoms with Crippen molar-refractivity contribution in [2.75, 3.05) is 18.9 Å². The lowest BCUT2D eigenvalue weighted by atomic mass is 10.1. The Kier molecular flexibility index (Phi) is 7.20. The van der Waals surface area contributed by atoms with E-state index in [4.69, 9.17) is 11.6 Å². The van der Waals surface area contributed by atoms with Gasteiger partial charge in [-0.3, -0.25) is 9.69 Å². The van der Waals surface area contributed by atoms with E-state index in [1.165, 1.54) is 29.2 Å². The molecule has 0 saturated carbocycles. The first-order valence-electron chi connectivity index (χ1n) is 7.94. The zero-order valence-electron chi connectivity index (χ0n) is 14.6. The van der Waals surface area contributed by atoms with Crippen molar-refractivity contribution in [3.63, 3.8) is 0 Å². The van der Waals surface area contributed by atoms with E-state index in [1.54, 1.807) is 13.1 Å². The molecule has 0 aliphatic rings. The number of para-hydroxylation sites is 1. The van der Waals surface area contributed by atoms with E-state index in [1.807, 2.05) is 0 Å². The summed E-state index contributed by atoms with van der Waals surface area (Å²) >= 11 is 5.80. The summed E-state index contributed by atoms with van der Waals surface area (Å²) in [6, 6.07) is 9.10. The molecule has 0 saturated heterocycles. The molecule has 152 valence electrons. The minimum absolute atomic E-state index is 0.0313. The second-order valence-corrected chi connectivity index (χ2v) is 6.31. The number of alkyl halides is 5. The van der Waals surface area contributed by atoms with Crippen LogP contribution in [0.1, 0.15) is 11.1 Å². The number of amides is 1. The van der Waals surface area contributed by atoms with Crippen LogP contribution in [-0.4, -0.2) is 31.0 Å². The van der Waals surface area contributed by atoms with Gasteiger partial charge in [0.2, 0.25) is 5.91 Å². The number of hydrogen-bond acceptors (Lipinski definition) is 3. The molecule has 2 aromatic carbocycles. The van der Waals surface area contributed by atoms with Gasteiger partial charge in [0, 0.05) is 6.54 Å². The minimum Gasteiger partial charge on any atom is -0.435 e. The molecular weight excluding hydrogens is 407 g/mol. The fraction of sp³-hybridized carbons (Fsp3) is 0.278. The van der Waals surface area contributed by atoms with Gasteiger partial charge in [-0.25, -0.2) is 0 Å². The van der Waals surface area contributed by atoms with Crippen molar-refractivity contribution in [3.05, 3.63) is 58.6 Å². The first kappa shape index (κ1) is 21.9. The monoisotopic (exact) mass is 422 g/mol. The summed E-state index contributed by atoms with van der Waals surface area (Å²) in [7, 11) is 1.55. The van der Waals surface area contributed by atoms with Crippen LogP contribution in [-0.2, 0) is 17.5 Å². The molecule has 10 heteroatoms. The molecule has 1 amide bonds. The summed E-state index contributed by atoms with van der Waals surface area (Å²) in [4.78, 5) is 13.7. The summed E-state index contributed by atoms with van der Waals surface area (Å²) < 4.78 is 68.0. The van der Waals surface area contributed by atoms with Crippen LogP contribution in [0.4, 0.5) is 27.6 Å². The standard InChI is InChI=1S/C18H16ClF5N2O2/c1-26(9-11-4-2-5-12(8-11)28-17(20)21)10-15(27)25-16-13(18(22,23)24)6-3-7-14(16)19/h2-8,17H,9-10H2,1H3,(H,25,27). The molecule has 0 unspecified atom stereocenters. The minimum atomic E-state index is -4.68. The highest BCUT2D eigenvalue weighted by Crippen LogP contribution is 2.38. The number of halogens is 6. The Morgan fingerprint density at radius 2 is 1.89 bits per heavy atom. The fourth-order valence-corrected chi connectivity index (χ4v) is 2.72. The molecule has 0 atom stereocenters. The predicted octanol–water partition coefficient (Wildman–Crippen LogP) is 5.03. The average molecular weight is 423 g/mol. The zero-order chi connectivity index (χ0) is 20.9. The van der Waals surface area contributed by atoms with Crippen molar-refractivity contribution < 1.29 is 31.5 Å². The molecule has 0 spiro atoms. The predicted molar refractivity (Wildman–Crippen MR) is 94.5 cm³/mol. The van der Waals surface area contributed by atoms with Crippen LogP contribution in [0.3, 0.4) is 0 Å². The van der Waals surface area contributed by atoms with Gasteiger partial charge in [-0.15, -0.1) is 0 Å². The highest BCUT2D eigenvalue weighted by Gasteiger charge is 2.34. The Bertz CT molecular complexity index is 830.